The predicted molar refractivity (Wildman–Crippen MR) is 65.6 cm³/mol. The molecule has 0 nitrogen and oxygen atoms in total. The van der Waals surface area contributed by atoms with Crippen LogP contribution in [-0.2, 0) is 0 Å². The van der Waals surface area contributed by atoms with Gasteiger partial charge in [-0.2, -0.15) is 0 Å². The van der Waals surface area contributed by atoms with Gasteiger partial charge in [0.25, 0.3) is 0 Å². The van der Waals surface area contributed by atoms with Crippen LogP contribution < -0.4 is 0 Å². The molecule has 1 aromatic carbocycles. The Labute approximate surface area is 92.0 Å². The van der Waals surface area contributed by atoms with Gasteiger partial charge in [-0.15, -0.1) is 12.3 Å². The van der Waals surface area contributed by atoms with Crippen LogP contribution in [0, 0.1) is 25.2 Å². The van der Waals surface area contributed by atoms with Gasteiger partial charge in [-0.25, -0.2) is 0 Å². The quantitative estimate of drug-likeness (QED) is 0.632. The van der Waals surface area contributed by atoms with Crippen molar-refractivity contribution in [3.63, 3.8) is 0 Å². The van der Waals surface area contributed by atoms with Crippen LogP contribution in [0.2, 0.25) is 0 Å². The van der Waals surface area contributed by atoms with Gasteiger partial charge in [-0.3, -0.25) is 0 Å². The number of benzene rings is 1. The van der Waals surface area contributed by atoms with E-state index in [9.17, 15) is 0 Å². The van der Waals surface area contributed by atoms with Gasteiger partial charge in [0.05, 0.1) is 0 Å². The zero-order valence-electron chi connectivity index (χ0n) is 9.33. The number of terminal acetylenes is 1. The molecule has 15 heavy (non-hydrogen) atoms. The molecule has 0 heteroatoms. The molecule has 0 N–H and O–H groups in total. The smallest absolute Gasteiger partial charge is 0.0121 e. The molecule has 0 saturated heterocycles. The molecule has 76 valence electrons. The topological polar surface area (TPSA) is 0 Å². The summed E-state index contributed by atoms with van der Waals surface area (Å²) in [4.78, 5) is 0. The Kier molecular flexibility index (Phi) is 2.64. The summed E-state index contributed by atoms with van der Waals surface area (Å²) in [6.45, 7) is 4.37. The van der Waals surface area contributed by atoms with Crippen molar-refractivity contribution in [2.75, 3.05) is 0 Å². The first kappa shape index (κ1) is 10.1. The van der Waals surface area contributed by atoms with Crippen LogP contribution in [0.3, 0.4) is 0 Å². The molecule has 1 aliphatic rings. The number of rotatable bonds is 2. The number of hydrogen-bond donors (Lipinski definition) is 0. The normalized spacial score (nSPS) is 19.7. The number of aryl methyl sites for hydroxylation is 1. The van der Waals surface area contributed by atoms with E-state index in [1.54, 1.807) is 0 Å². The summed E-state index contributed by atoms with van der Waals surface area (Å²) in [7, 11) is 0. The van der Waals surface area contributed by atoms with Crippen molar-refractivity contribution in [2.45, 2.75) is 26.2 Å². The van der Waals surface area contributed by atoms with Crippen LogP contribution in [0.15, 0.2) is 24.3 Å². The molecule has 0 amide bonds. The molecule has 0 spiro atoms. The number of allylic oxidation sites excluding steroid dienone is 1. The van der Waals surface area contributed by atoms with E-state index in [4.69, 9.17) is 6.42 Å². The van der Waals surface area contributed by atoms with Crippen molar-refractivity contribution in [1.82, 2.24) is 0 Å². The van der Waals surface area contributed by atoms with Gasteiger partial charge in [-0.05, 0) is 24.0 Å². The third-order valence-electron chi connectivity index (χ3n) is 3.14. The van der Waals surface area contributed by atoms with Gasteiger partial charge in [0, 0.05) is 12.3 Å². The summed E-state index contributed by atoms with van der Waals surface area (Å²) in [5.74, 6) is 3.80. The van der Waals surface area contributed by atoms with E-state index < -0.39 is 0 Å². The van der Waals surface area contributed by atoms with Crippen LogP contribution in [0.5, 0.6) is 0 Å². The van der Waals surface area contributed by atoms with E-state index in [2.05, 4.69) is 50.1 Å². The monoisotopic (exact) mass is 196 g/mol. The fourth-order valence-corrected chi connectivity index (χ4v) is 2.25. The Hall–Kier alpha value is -1.48. The molecule has 0 aliphatic heterocycles. The number of fused-ring (bicyclic) bond motifs is 1. The molecule has 2 atom stereocenters. The van der Waals surface area contributed by atoms with Crippen LogP contribution in [0.4, 0.5) is 0 Å². The van der Waals surface area contributed by atoms with Crippen LogP contribution >= 0.6 is 0 Å². The fraction of sp³-hybridized carbons (Fsp3) is 0.333. The second-order valence-electron chi connectivity index (χ2n) is 4.40. The molecular weight excluding hydrogens is 180 g/mol. The third kappa shape index (κ3) is 1.83. The maximum atomic E-state index is 5.37. The van der Waals surface area contributed by atoms with E-state index in [1.807, 2.05) is 0 Å². The lowest BCUT2D eigenvalue weighted by Gasteiger charge is -2.17. The van der Waals surface area contributed by atoms with E-state index in [-0.39, 0.29) is 0 Å². The summed E-state index contributed by atoms with van der Waals surface area (Å²) >= 11 is 0. The lowest BCUT2D eigenvalue weighted by atomic mass is 9.86. The fourth-order valence-electron chi connectivity index (χ4n) is 2.25. The highest BCUT2D eigenvalue weighted by molar-refractivity contribution is 5.63. The maximum Gasteiger partial charge on any atom is 0.0121 e. The molecule has 2 rings (SSSR count). The third-order valence-corrected chi connectivity index (χ3v) is 3.14. The first-order chi connectivity index (χ1) is 7.22. The zero-order chi connectivity index (χ0) is 10.8. The van der Waals surface area contributed by atoms with Crippen molar-refractivity contribution in [2.24, 2.45) is 5.92 Å². The molecule has 1 aliphatic carbocycles. The largest absolute Gasteiger partial charge is 0.120 e. The van der Waals surface area contributed by atoms with Crippen molar-refractivity contribution in [3.05, 3.63) is 41.0 Å². The second kappa shape index (κ2) is 3.95. The summed E-state index contributed by atoms with van der Waals surface area (Å²) < 4.78 is 0. The minimum Gasteiger partial charge on any atom is -0.120 e. The van der Waals surface area contributed by atoms with Gasteiger partial charge in [0.15, 0.2) is 0 Å². The van der Waals surface area contributed by atoms with Crippen molar-refractivity contribution in [1.29, 1.82) is 0 Å². The van der Waals surface area contributed by atoms with Gasteiger partial charge in [0.1, 0.15) is 0 Å². The summed E-state index contributed by atoms with van der Waals surface area (Å²) in [5.41, 5.74) is 4.13. The van der Waals surface area contributed by atoms with Gasteiger partial charge in [-0.1, -0.05) is 42.8 Å². The highest BCUT2D eigenvalue weighted by atomic mass is 14.3. The predicted octanol–water partition coefficient (Wildman–Crippen LogP) is 3.76. The van der Waals surface area contributed by atoms with Gasteiger partial charge in [0.2, 0.25) is 0 Å². The lowest BCUT2D eigenvalue weighted by molar-refractivity contribution is 0.544. The molecule has 0 bridgehead atoms. The SMILES string of the molecule is C#CCC(C)C1C=Cc2ccc(C)cc21. The molecule has 0 radical (unpaired) electrons. The van der Waals surface area contributed by atoms with Gasteiger partial charge >= 0.3 is 0 Å². The molecule has 0 heterocycles. The molecule has 0 fully saturated rings. The average molecular weight is 196 g/mol. The molecule has 0 aromatic heterocycles. The van der Waals surface area contributed by atoms with E-state index in [0.29, 0.717) is 11.8 Å². The van der Waals surface area contributed by atoms with Crippen molar-refractivity contribution < 1.29 is 0 Å². The standard InChI is InChI=1S/C15H16/c1-4-5-12(3)14-9-8-13-7-6-11(2)10-15(13)14/h1,6-10,12,14H,5H2,2-3H3. The highest BCUT2D eigenvalue weighted by Crippen LogP contribution is 2.37. The first-order valence-corrected chi connectivity index (χ1v) is 5.44. The van der Waals surface area contributed by atoms with Crippen LogP contribution in [0.1, 0.15) is 36.0 Å². The Balaban J connectivity index is 2.31. The number of hydrogen-bond acceptors (Lipinski definition) is 0. The maximum absolute atomic E-state index is 5.37. The summed E-state index contributed by atoms with van der Waals surface area (Å²) in [6, 6.07) is 6.65. The second-order valence-corrected chi connectivity index (χ2v) is 4.40. The Morgan fingerprint density at radius 1 is 1.47 bits per heavy atom. The van der Waals surface area contributed by atoms with Gasteiger partial charge < -0.3 is 0 Å². The van der Waals surface area contributed by atoms with E-state index in [0.717, 1.165) is 6.42 Å². The van der Waals surface area contributed by atoms with E-state index >= 15 is 0 Å². The first-order valence-electron chi connectivity index (χ1n) is 5.44. The lowest BCUT2D eigenvalue weighted by Crippen LogP contribution is -2.05. The highest BCUT2D eigenvalue weighted by Gasteiger charge is 2.22. The molecule has 0 saturated carbocycles. The Bertz CT molecular complexity index is 432. The molecule has 2 unspecified atom stereocenters. The van der Waals surface area contributed by atoms with Crippen molar-refractivity contribution >= 4 is 6.08 Å². The van der Waals surface area contributed by atoms with Crippen molar-refractivity contribution in [3.8, 4) is 12.3 Å². The zero-order valence-corrected chi connectivity index (χ0v) is 9.33. The van der Waals surface area contributed by atoms with Crippen LogP contribution in [0.25, 0.3) is 6.08 Å². The van der Waals surface area contributed by atoms with Crippen LogP contribution in [-0.4, -0.2) is 0 Å². The summed E-state index contributed by atoms with van der Waals surface area (Å²) in [5, 5.41) is 0. The molecule has 1 aromatic rings. The summed E-state index contributed by atoms with van der Waals surface area (Å²) in [6.07, 6.45) is 10.7. The average Bonchev–Trinajstić information content (AvgIpc) is 2.60. The Morgan fingerprint density at radius 3 is 3.00 bits per heavy atom. The van der Waals surface area contributed by atoms with E-state index in [1.165, 1.54) is 16.7 Å². The minimum atomic E-state index is 0.510. The molecular formula is C15H16. The Morgan fingerprint density at radius 2 is 2.27 bits per heavy atom. The minimum absolute atomic E-state index is 0.510.